The van der Waals surface area contributed by atoms with Gasteiger partial charge in [0.15, 0.2) is 10.7 Å². The van der Waals surface area contributed by atoms with Crippen LogP contribution in [-0.4, -0.2) is 38.3 Å². The number of likely N-dealkylation sites (tertiary alicyclic amines) is 1. The van der Waals surface area contributed by atoms with Crippen LogP contribution in [0.3, 0.4) is 0 Å². The van der Waals surface area contributed by atoms with Crippen molar-refractivity contribution in [2.75, 3.05) is 18.4 Å². The summed E-state index contributed by atoms with van der Waals surface area (Å²) in [6.07, 6.45) is 3.79. The minimum atomic E-state index is -1.37. The number of anilines is 1. The van der Waals surface area contributed by atoms with Gasteiger partial charge in [0.05, 0.1) is 11.9 Å². The number of hydrogen-bond acceptors (Lipinski definition) is 3. The molecule has 1 aliphatic heterocycles. The number of pyridine rings is 1. The molecule has 1 aromatic carbocycles. The SMILES string of the molecule is CC(C)(C1CCN(C(=O)Nc2ccncc2F)CC1)[S+]([O-])c1cccc(F)c1. The monoisotopic (exact) mass is 407 g/mol. The first-order valence-electron chi connectivity index (χ1n) is 9.12. The number of amides is 2. The molecule has 5 nitrogen and oxygen atoms in total. The zero-order valence-corrected chi connectivity index (χ0v) is 16.6. The van der Waals surface area contributed by atoms with E-state index in [-0.39, 0.29) is 17.6 Å². The number of carbonyl (C=O) groups excluding carboxylic acids is 1. The Bertz CT molecular complexity index is 842. The van der Waals surface area contributed by atoms with Crippen LogP contribution in [0.25, 0.3) is 0 Å². The van der Waals surface area contributed by atoms with Gasteiger partial charge in [0.2, 0.25) is 0 Å². The number of piperidine rings is 1. The van der Waals surface area contributed by atoms with Crippen LogP contribution in [-0.2, 0) is 11.2 Å². The van der Waals surface area contributed by atoms with Crippen molar-refractivity contribution in [3.05, 3.63) is 54.4 Å². The van der Waals surface area contributed by atoms with E-state index in [9.17, 15) is 18.1 Å². The van der Waals surface area contributed by atoms with Gasteiger partial charge in [-0.25, -0.2) is 13.6 Å². The van der Waals surface area contributed by atoms with Gasteiger partial charge in [0.25, 0.3) is 0 Å². The second-order valence-corrected chi connectivity index (χ2v) is 9.44. The maximum Gasteiger partial charge on any atom is 0.321 e. The lowest BCUT2D eigenvalue weighted by atomic mass is 9.86. The van der Waals surface area contributed by atoms with Crippen molar-refractivity contribution in [1.82, 2.24) is 9.88 Å². The van der Waals surface area contributed by atoms with Crippen molar-refractivity contribution in [1.29, 1.82) is 0 Å². The number of carbonyl (C=O) groups is 1. The topological polar surface area (TPSA) is 68.3 Å². The second-order valence-electron chi connectivity index (χ2n) is 7.38. The third-order valence-corrected chi connectivity index (χ3v) is 7.24. The third kappa shape index (κ3) is 4.44. The van der Waals surface area contributed by atoms with Crippen molar-refractivity contribution in [3.8, 4) is 0 Å². The van der Waals surface area contributed by atoms with E-state index in [1.807, 2.05) is 13.8 Å². The number of aromatic nitrogens is 1. The average Bonchev–Trinajstić information content (AvgIpc) is 2.69. The van der Waals surface area contributed by atoms with Crippen LogP contribution < -0.4 is 5.32 Å². The van der Waals surface area contributed by atoms with Crippen LogP contribution in [0.4, 0.5) is 19.3 Å². The van der Waals surface area contributed by atoms with Crippen molar-refractivity contribution >= 4 is 22.9 Å². The zero-order chi connectivity index (χ0) is 20.3. The summed E-state index contributed by atoms with van der Waals surface area (Å²) in [6, 6.07) is 6.91. The Balaban J connectivity index is 1.61. The molecule has 0 bridgehead atoms. The largest absolute Gasteiger partial charge is 0.611 e. The average molecular weight is 407 g/mol. The van der Waals surface area contributed by atoms with Gasteiger partial charge in [-0.15, -0.1) is 0 Å². The number of nitrogens with zero attached hydrogens (tertiary/aromatic N) is 2. The minimum Gasteiger partial charge on any atom is -0.611 e. The Morgan fingerprint density at radius 2 is 2.00 bits per heavy atom. The van der Waals surface area contributed by atoms with Gasteiger partial charge in [-0.2, -0.15) is 0 Å². The first-order valence-corrected chi connectivity index (χ1v) is 10.3. The minimum absolute atomic E-state index is 0.0923. The van der Waals surface area contributed by atoms with Gasteiger partial charge >= 0.3 is 6.03 Å². The van der Waals surface area contributed by atoms with E-state index in [1.165, 1.54) is 24.4 Å². The Labute approximate surface area is 166 Å². The summed E-state index contributed by atoms with van der Waals surface area (Å²) >= 11 is -1.37. The molecule has 0 radical (unpaired) electrons. The number of nitrogens with one attached hydrogen (secondary N) is 1. The Morgan fingerprint density at radius 1 is 1.29 bits per heavy atom. The fraction of sp³-hybridized carbons (Fsp3) is 0.400. The Morgan fingerprint density at radius 3 is 2.64 bits per heavy atom. The fourth-order valence-electron chi connectivity index (χ4n) is 3.49. The molecule has 150 valence electrons. The predicted octanol–water partition coefficient (Wildman–Crippen LogP) is 4.19. The summed E-state index contributed by atoms with van der Waals surface area (Å²) in [5, 5.41) is 2.56. The normalized spacial score (nSPS) is 16.7. The first kappa shape index (κ1) is 20.5. The maximum atomic E-state index is 13.7. The van der Waals surface area contributed by atoms with Crippen LogP contribution in [0.5, 0.6) is 0 Å². The third-order valence-electron chi connectivity index (χ3n) is 5.27. The molecule has 1 unspecified atom stereocenters. The lowest BCUT2D eigenvalue weighted by Crippen LogP contribution is -2.48. The number of hydrogen-bond donors (Lipinski definition) is 1. The van der Waals surface area contributed by atoms with Gasteiger partial charge in [-0.05, 0) is 56.1 Å². The van der Waals surface area contributed by atoms with Gasteiger partial charge in [-0.3, -0.25) is 4.98 Å². The predicted molar refractivity (Wildman–Crippen MR) is 104 cm³/mol. The molecule has 2 aromatic rings. The fourth-order valence-corrected chi connectivity index (χ4v) is 5.05. The standard InChI is InChI=1S/C20H23F2N3O2S/c1-20(2,28(27)16-5-3-4-15(21)12-16)14-7-10-25(11-8-14)19(26)24-18-6-9-23-13-17(18)22/h3-6,9,12-14H,7-8,10-11H2,1-2H3,(H,23,24,26). The highest BCUT2D eigenvalue weighted by molar-refractivity contribution is 7.92. The molecule has 8 heteroatoms. The van der Waals surface area contributed by atoms with E-state index in [4.69, 9.17) is 0 Å². The molecule has 0 aliphatic carbocycles. The highest BCUT2D eigenvalue weighted by atomic mass is 32.2. The molecule has 0 saturated carbocycles. The molecule has 1 atom stereocenters. The highest BCUT2D eigenvalue weighted by Gasteiger charge is 2.43. The molecule has 0 spiro atoms. The molecule has 2 heterocycles. The molecule has 1 aliphatic rings. The van der Waals surface area contributed by atoms with Gasteiger partial charge in [0.1, 0.15) is 10.6 Å². The van der Waals surface area contributed by atoms with E-state index in [0.29, 0.717) is 30.8 Å². The smallest absolute Gasteiger partial charge is 0.321 e. The summed E-state index contributed by atoms with van der Waals surface area (Å²) in [6.45, 7) is 4.79. The molecule has 1 aromatic heterocycles. The highest BCUT2D eigenvalue weighted by Crippen LogP contribution is 2.38. The number of urea groups is 1. The molecule has 1 fully saturated rings. The molecular weight excluding hydrogens is 384 g/mol. The van der Waals surface area contributed by atoms with Crippen molar-refractivity contribution in [2.45, 2.75) is 36.3 Å². The summed E-state index contributed by atoms with van der Waals surface area (Å²) in [4.78, 5) is 18.1. The summed E-state index contributed by atoms with van der Waals surface area (Å²) in [5.41, 5.74) is 0.0923. The van der Waals surface area contributed by atoms with Gasteiger partial charge in [0, 0.05) is 31.3 Å². The van der Waals surface area contributed by atoms with E-state index >= 15 is 0 Å². The molecule has 28 heavy (non-hydrogen) atoms. The molecular formula is C20H23F2N3O2S. The summed E-state index contributed by atoms with van der Waals surface area (Å²) < 4.78 is 39.6. The van der Waals surface area contributed by atoms with Gasteiger partial charge in [-0.1, -0.05) is 6.07 Å². The van der Waals surface area contributed by atoms with Crippen LogP contribution >= 0.6 is 0 Å². The molecule has 3 rings (SSSR count). The lowest BCUT2D eigenvalue weighted by Gasteiger charge is -2.40. The Kier molecular flexibility index (Phi) is 6.20. The van der Waals surface area contributed by atoms with E-state index in [2.05, 4.69) is 10.3 Å². The molecule has 2 amide bonds. The van der Waals surface area contributed by atoms with E-state index in [0.717, 1.165) is 6.20 Å². The summed E-state index contributed by atoms with van der Waals surface area (Å²) in [7, 11) is 0. The molecule has 1 saturated heterocycles. The number of benzene rings is 1. The number of halogens is 2. The van der Waals surface area contributed by atoms with Crippen LogP contribution in [0, 0.1) is 17.6 Å². The van der Waals surface area contributed by atoms with E-state index in [1.54, 1.807) is 17.0 Å². The lowest BCUT2D eigenvalue weighted by molar-refractivity contribution is 0.171. The van der Waals surface area contributed by atoms with Crippen LogP contribution in [0.1, 0.15) is 26.7 Å². The Hall–Kier alpha value is -2.19. The van der Waals surface area contributed by atoms with Crippen molar-refractivity contribution < 1.29 is 18.1 Å². The summed E-state index contributed by atoms with van der Waals surface area (Å²) in [5.74, 6) is -0.882. The second kappa shape index (κ2) is 8.45. The van der Waals surface area contributed by atoms with E-state index < -0.39 is 27.6 Å². The quantitative estimate of drug-likeness (QED) is 0.773. The maximum absolute atomic E-state index is 13.7. The van der Waals surface area contributed by atoms with Crippen molar-refractivity contribution in [3.63, 3.8) is 0 Å². The van der Waals surface area contributed by atoms with Crippen LogP contribution in [0.2, 0.25) is 0 Å². The molecule has 1 N–H and O–H groups in total. The van der Waals surface area contributed by atoms with Gasteiger partial charge < -0.3 is 14.8 Å². The number of rotatable bonds is 4. The van der Waals surface area contributed by atoms with Crippen molar-refractivity contribution in [2.24, 2.45) is 5.92 Å². The first-order chi connectivity index (χ1) is 13.3. The van der Waals surface area contributed by atoms with Crippen LogP contribution in [0.15, 0.2) is 47.6 Å². The zero-order valence-electron chi connectivity index (χ0n) is 15.8.